The number of hydrogen-bond donors (Lipinski definition) is 1. The zero-order valence-corrected chi connectivity index (χ0v) is 12.9. The molecule has 0 saturated heterocycles. The maximum atomic E-state index is 12.6. The second-order valence-electron chi connectivity index (χ2n) is 5.03. The lowest BCUT2D eigenvalue weighted by atomic mass is 10.2. The molecular weight excluding hydrogens is 347 g/mol. The molecule has 9 heteroatoms. The van der Waals surface area contributed by atoms with Gasteiger partial charge in [-0.25, -0.2) is 14.5 Å². The number of aromatic carboxylic acids is 1. The van der Waals surface area contributed by atoms with Crippen molar-refractivity contribution in [1.29, 1.82) is 0 Å². The topological polar surface area (TPSA) is 68.0 Å². The van der Waals surface area contributed by atoms with E-state index in [0.29, 0.717) is 16.8 Å². The Balaban J connectivity index is 2.18. The Morgan fingerprint density at radius 3 is 2.42 bits per heavy atom. The molecule has 0 radical (unpaired) electrons. The van der Waals surface area contributed by atoms with Crippen LogP contribution in [-0.2, 0) is 6.18 Å². The molecule has 1 N–H and O–H groups in total. The van der Waals surface area contributed by atoms with Crippen LogP contribution in [0.25, 0.3) is 16.7 Å². The molecule has 0 saturated carbocycles. The highest BCUT2D eigenvalue weighted by atomic mass is 35.5. The van der Waals surface area contributed by atoms with Gasteiger partial charge in [-0.05, 0) is 31.2 Å². The van der Waals surface area contributed by atoms with E-state index < -0.39 is 17.7 Å². The van der Waals surface area contributed by atoms with Gasteiger partial charge in [-0.15, -0.1) is 0 Å². The van der Waals surface area contributed by atoms with E-state index in [1.54, 1.807) is 6.92 Å². The Bertz CT molecular complexity index is 949. The summed E-state index contributed by atoms with van der Waals surface area (Å²) in [7, 11) is 0. The van der Waals surface area contributed by atoms with Crippen molar-refractivity contribution >= 4 is 28.6 Å². The Labute approximate surface area is 138 Å². The molecule has 2 aromatic heterocycles. The van der Waals surface area contributed by atoms with Crippen LogP contribution in [0.2, 0.25) is 5.02 Å². The van der Waals surface area contributed by atoms with E-state index in [0.717, 1.165) is 18.3 Å². The number of hydrogen-bond acceptors (Lipinski definition) is 3. The average Bonchev–Trinajstić information content (AvgIpc) is 2.84. The summed E-state index contributed by atoms with van der Waals surface area (Å²) in [5, 5.41) is 13.6. The van der Waals surface area contributed by atoms with Gasteiger partial charge in [0.15, 0.2) is 5.65 Å². The SMILES string of the molecule is Cc1nn(-c2ccc(C(F)(F)F)cc2)c2ncc(C(=O)O)c(Cl)c12. The first-order chi connectivity index (χ1) is 11.2. The largest absolute Gasteiger partial charge is 0.478 e. The van der Waals surface area contributed by atoms with Crippen LogP contribution in [0.3, 0.4) is 0 Å². The second-order valence-corrected chi connectivity index (χ2v) is 5.41. The standard InChI is InChI=1S/C15H9ClF3N3O2/c1-7-11-12(16)10(14(23)24)6-20-13(11)22(21-7)9-4-2-8(3-5-9)15(17,18)19/h2-6H,1H3,(H,23,24). The molecule has 24 heavy (non-hydrogen) atoms. The van der Waals surface area contributed by atoms with Gasteiger partial charge >= 0.3 is 12.1 Å². The van der Waals surface area contributed by atoms with Crippen LogP contribution in [0.4, 0.5) is 13.2 Å². The summed E-state index contributed by atoms with van der Waals surface area (Å²) >= 11 is 6.10. The molecular formula is C15H9ClF3N3O2. The highest BCUT2D eigenvalue weighted by Gasteiger charge is 2.30. The number of aryl methyl sites for hydroxylation is 1. The predicted molar refractivity (Wildman–Crippen MR) is 80.6 cm³/mol. The number of pyridine rings is 1. The van der Waals surface area contributed by atoms with Gasteiger partial charge in [0.05, 0.1) is 32.9 Å². The first-order valence-electron chi connectivity index (χ1n) is 6.65. The van der Waals surface area contributed by atoms with E-state index in [1.165, 1.54) is 16.8 Å². The summed E-state index contributed by atoms with van der Waals surface area (Å²) in [5.74, 6) is -1.23. The van der Waals surface area contributed by atoms with Gasteiger partial charge in [0.25, 0.3) is 0 Å². The van der Waals surface area contributed by atoms with Crippen LogP contribution in [0.1, 0.15) is 21.6 Å². The van der Waals surface area contributed by atoms with Gasteiger partial charge in [-0.1, -0.05) is 11.6 Å². The lowest BCUT2D eigenvalue weighted by Gasteiger charge is -2.08. The average molecular weight is 356 g/mol. The quantitative estimate of drug-likeness (QED) is 0.751. The van der Waals surface area contributed by atoms with E-state index in [1.807, 2.05) is 0 Å². The number of carboxylic acids is 1. The number of carbonyl (C=O) groups is 1. The van der Waals surface area contributed by atoms with Gasteiger partial charge in [-0.2, -0.15) is 18.3 Å². The van der Waals surface area contributed by atoms with Gasteiger partial charge in [0.2, 0.25) is 0 Å². The fourth-order valence-electron chi connectivity index (χ4n) is 2.33. The van der Waals surface area contributed by atoms with Crippen molar-refractivity contribution in [3.05, 3.63) is 52.3 Å². The summed E-state index contributed by atoms with van der Waals surface area (Å²) in [4.78, 5) is 15.2. The third-order valence-electron chi connectivity index (χ3n) is 3.48. The molecule has 0 aliphatic rings. The minimum atomic E-state index is -4.43. The first kappa shape index (κ1) is 16.3. The van der Waals surface area contributed by atoms with Crippen LogP contribution in [0.5, 0.6) is 0 Å². The lowest BCUT2D eigenvalue weighted by Crippen LogP contribution is -2.05. The molecule has 124 valence electrons. The van der Waals surface area contributed by atoms with Crippen LogP contribution >= 0.6 is 11.6 Å². The Morgan fingerprint density at radius 1 is 1.25 bits per heavy atom. The van der Waals surface area contributed by atoms with Gasteiger partial charge in [0, 0.05) is 6.20 Å². The fourth-order valence-corrected chi connectivity index (χ4v) is 2.68. The van der Waals surface area contributed by atoms with E-state index >= 15 is 0 Å². The maximum Gasteiger partial charge on any atom is 0.416 e. The van der Waals surface area contributed by atoms with Crippen LogP contribution in [0, 0.1) is 6.92 Å². The number of carboxylic acid groups (broad SMARTS) is 1. The van der Waals surface area contributed by atoms with E-state index in [9.17, 15) is 18.0 Å². The molecule has 0 aliphatic carbocycles. The molecule has 2 heterocycles. The highest BCUT2D eigenvalue weighted by molar-refractivity contribution is 6.38. The van der Waals surface area contributed by atoms with E-state index in [4.69, 9.17) is 16.7 Å². The Morgan fingerprint density at radius 2 is 1.88 bits per heavy atom. The van der Waals surface area contributed by atoms with Crippen LogP contribution in [0.15, 0.2) is 30.5 Å². The van der Waals surface area contributed by atoms with Crippen molar-refractivity contribution in [2.75, 3.05) is 0 Å². The predicted octanol–water partition coefficient (Wildman–Crippen LogP) is 4.10. The number of fused-ring (bicyclic) bond motifs is 1. The third kappa shape index (κ3) is 2.58. The molecule has 0 spiro atoms. The molecule has 3 aromatic rings. The zero-order chi connectivity index (χ0) is 17.6. The summed E-state index contributed by atoms with van der Waals surface area (Å²) < 4.78 is 39.3. The summed E-state index contributed by atoms with van der Waals surface area (Å²) in [6.07, 6.45) is -3.34. The monoisotopic (exact) mass is 355 g/mol. The van der Waals surface area contributed by atoms with E-state index in [2.05, 4.69) is 10.1 Å². The van der Waals surface area contributed by atoms with Gasteiger partial charge in [0.1, 0.15) is 0 Å². The highest BCUT2D eigenvalue weighted by Crippen LogP contribution is 2.32. The van der Waals surface area contributed by atoms with Crippen molar-refractivity contribution < 1.29 is 23.1 Å². The Hall–Kier alpha value is -2.61. The minimum Gasteiger partial charge on any atom is -0.478 e. The number of alkyl halides is 3. The van der Waals surface area contributed by atoms with Crippen molar-refractivity contribution in [2.45, 2.75) is 13.1 Å². The van der Waals surface area contributed by atoms with Crippen molar-refractivity contribution in [3.8, 4) is 5.69 Å². The molecule has 0 amide bonds. The summed E-state index contributed by atoms with van der Waals surface area (Å²) in [6, 6.07) is 4.39. The van der Waals surface area contributed by atoms with Gasteiger partial charge < -0.3 is 5.11 Å². The Kier molecular flexibility index (Phi) is 3.71. The second kappa shape index (κ2) is 5.48. The number of aromatic nitrogens is 3. The molecule has 0 bridgehead atoms. The molecule has 0 unspecified atom stereocenters. The summed E-state index contributed by atoms with van der Waals surface area (Å²) in [5.41, 5.74) is 0.0957. The smallest absolute Gasteiger partial charge is 0.416 e. The summed E-state index contributed by atoms with van der Waals surface area (Å²) in [6.45, 7) is 1.61. The fraction of sp³-hybridized carbons (Fsp3) is 0.133. The molecule has 5 nitrogen and oxygen atoms in total. The van der Waals surface area contributed by atoms with Crippen molar-refractivity contribution in [2.24, 2.45) is 0 Å². The van der Waals surface area contributed by atoms with Crippen LogP contribution in [-0.4, -0.2) is 25.8 Å². The molecule has 0 aliphatic heterocycles. The lowest BCUT2D eigenvalue weighted by molar-refractivity contribution is -0.137. The first-order valence-corrected chi connectivity index (χ1v) is 7.02. The number of nitrogens with zero attached hydrogens (tertiary/aromatic N) is 3. The van der Waals surface area contributed by atoms with Crippen molar-refractivity contribution in [1.82, 2.24) is 14.8 Å². The molecule has 3 rings (SSSR count). The minimum absolute atomic E-state index is 0.0110. The van der Waals surface area contributed by atoms with Crippen LogP contribution < -0.4 is 0 Å². The van der Waals surface area contributed by atoms with Gasteiger partial charge in [-0.3, -0.25) is 0 Å². The number of halogens is 4. The third-order valence-corrected chi connectivity index (χ3v) is 3.87. The number of benzene rings is 1. The normalized spacial score (nSPS) is 11.9. The van der Waals surface area contributed by atoms with Crippen molar-refractivity contribution in [3.63, 3.8) is 0 Å². The molecule has 0 fully saturated rings. The zero-order valence-electron chi connectivity index (χ0n) is 12.1. The molecule has 0 atom stereocenters. The number of rotatable bonds is 2. The maximum absolute atomic E-state index is 12.6. The van der Waals surface area contributed by atoms with E-state index in [-0.39, 0.29) is 16.2 Å². The molecule has 1 aromatic carbocycles.